The summed E-state index contributed by atoms with van der Waals surface area (Å²) in [6, 6.07) is 5.21. The van der Waals surface area contributed by atoms with Crippen LogP contribution in [-0.4, -0.2) is 17.2 Å². The molecule has 3 N–H and O–H groups in total. The predicted octanol–water partition coefficient (Wildman–Crippen LogP) is 1.76. The third-order valence-electron chi connectivity index (χ3n) is 1.90. The fraction of sp³-hybridized carbons (Fsp3) is 0.300. The van der Waals surface area contributed by atoms with Gasteiger partial charge in [0.2, 0.25) is 0 Å². The van der Waals surface area contributed by atoms with Crippen molar-refractivity contribution < 1.29 is 14.6 Å². The molecule has 0 aliphatic heterocycles. The quantitative estimate of drug-likeness (QED) is 0.877. The lowest BCUT2D eigenvalue weighted by molar-refractivity contribution is -0.144. The highest BCUT2D eigenvalue weighted by Gasteiger charge is 2.12. The van der Waals surface area contributed by atoms with Crippen LogP contribution in [0, 0.1) is 0 Å². The first kappa shape index (κ1) is 12.0. The number of hydrogen-bond acceptors (Lipinski definition) is 3. The summed E-state index contributed by atoms with van der Waals surface area (Å²) < 4.78 is 6.09. The molecule has 0 heterocycles. The van der Waals surface area contributed by atoms with Crippen LogP contribution in [0.1, 0.15) is 12.5 Å². The summed E-state index contributed by atoms with van der Waals surface area (Å²) in [6.45, 7) is 1.85. The molecule has 1 aromatic carbocycles. The van der Waals surface area contributed by atoms with Gasteiger partial charge < -0.3 is 15.6 Å². The highest BCUT2D eigenvalue weighted by Crippen LogP contribution is 2.22. The molecule has 0 saturated heterocycles. The Labute approximate surface area is 96.2 Å². The van der Waals surface area contributed by atoms with Gasteiger partial charge in [0, 0.05) is 11.0 Å². The van der Waals surface area contributed by atoms with E-state index in [1.54, 1.807) is 18.2 Å². The summed E-state index contributed by atoms with van der Waals surface area (Å²) in [5.41, 5.74) is 6.39. The average Bonchev–Trinajstić information content (AvgIpc) is 2.20. The van der Waals surface area contributed by atoms with E-state index in [0.717, 1.165) is 10.0 Å². The Morgan fingerprint density at radius 3 is 2.87 bits per heavy atom. The van der Waals surface area contributed by atoms with Gasteiger partial charge in [0.05, 0.1) is 0 Å². The van der Waals surface area contributed by atoms with Crippen molar-refractivity contribution in [2.75, 3.05) is 0 Å². The lowest BCUT2D eigenvalue weighted by atomic mass is 10.2. The Balaban J connectivity index is 2.83. The van der Waals surface area contributed by atoms with Gasteiger partial charge in [-0.05, 0) is 30.7 Å². The Bertz CT molecular complexity index is 368. The summed E-state index contributed by atoms with van der Waals surface area (Å²) in [4.78, 5) is 10.6. The van der Waals surface area contributed by atoms with Crippen molar-refractivity contribution >= 4 is 21.9 Å². The molecule has 15 heavy (non-hydrogen) atoms. The molecule has 0 spiro atoms. The minimum Gasteiger partial charge on any atom is -0.479 e. The second-order valence-corrected chi connectivity index (χ2v) is 3.91. The zero-order valence-electron chi connectivity index (χ0n) is 8.24. The molecule has 0 bridgehead atoms. The molecule has 1 aromatic rings. The first-order chi connectivity index (χ1) is 7.04. The van der Waals surface area contributed by atoms with Crippen molar-refractivity contribution in [2.45, 2.75) is 19.6 Å². The molecule has 0 aromatic heterocycles. The van der Waals surface area contributed by atoms with Crippen LogP contribution in [0.2, 0.25) is 0 Å². The third-order valence-corrected chi connectivity index (χ3v) is 2.67. The van der Waals surface area contributed by atoms with Gasteiger partial charge in [-0.2, -0.15) is 0 Å². The van der Waals surface area contributed by atoms with E-state index in [9.17, 15) is 4.79 Å². The molecule has 0 amide bonds. The van der Waals surface area contributed by atoms with Crippen LogP contribution in [0.4, 0.5) is 0 Å². The number of hydrogen-bond donors (Lipinski definition) is 2. The molecule has 1 rings (SSSR count). The fourth-order valence-corrected chi connectivity index (χ4v) is 1.44. The predicted molar refractivity (Wildman–Crippen MR) is 59.8 cm³/mol. The van der Waals surface area contributed by atoms with Crippen LogP contribution < -0.4 is 10.5 Å². The number of carbonyl (C=O) groups is 1. The van der Waals surface area contributed by atoms with Gasteiger partial charge in [0.15, 0.2) is 6.10 Å². The molecule has 82 valence electrons. The van der Waals surface area contributed by atoms with Crippen molar-refractivity contribution in [2.24, 2.45) is 5.73 Å². The first-order valence-electron chi connectivity index (χ1n) is 4.42. The van der Waals surface area contributed by atoms with Crippen LogP contribution in [0.5, 0.6) is 5.75 Å². The van der Waals surface area contributed by atoms with E-state index in [-0.39, 0.29) is 0 Å². The number of carboxylic acids is 1. The number of carboxylic acid groups (broad SMARTS) is 1. The molecule has 0 aliphatic rings. The molecular formula is C10H12BrNO3. The Hall–Kier alpha value is -1.07. The van der Waals surface area contributed by atoms with Gasteiger partial charge in [-0.15, -0.1) is 0 Å². The number of benzene rings is 1. The summed E-state index contributed by atoms with van der Waals surface area (Å²) in [6.07, 6.45) is -0.864. The summed E-state index contributed by atoms with van der Waals surface area (Å²) in [7, 11) is 0. The van der Waals surface area contributed by atoms with Gasteiger partial charge in [0.25, 0.3) is 0 Å². The van der Waals surface area contributed by atoms with Crippen LogP contribution in [-0.2, 0) is 11.3 Å². The van der Waals surface area contributed by atoms with Crippen LogP contribution in [0.3, 0.4) is 0 Å². The zero-order chi connectivity index (χ0) is 11.4. The number of aliphatic carboxylic acids is 1. The minimum absolute atomic E-state index is 0.374. The number of halogens is 1. The van der Waals surface area contributed by atoms with E-state index < -0.39 is 12.1 Å². The zero-order valence-corrected chi connectivity index (χ0v) is 9.82. The highest BCUT2D eigenvalue weighted by molar-refractivity contribution is 9.10. The molecule has 0 fully saturated rings. The molecular weight excluding hydrogens is 262 g/mol. The summed E-state index contributed by atoms with van der Waals surface area (Å²) in [5.74, 6) is -0.485. The average molecular weight is 274 g/mol. The van der Waals surface area contributed by atoms with Gasteiger partial charge in [-0.25, -0.2) is 4.79 Å². The minimum atomic E-state index is -0.993. The number of nitrogens with two attached hydrogens (primary N) is 1. The van der Waals surface area contributed by atoms with Gasteiger partial charge in [-0.1, -0.05) is 15.9 Å². The monoisotopic (exact) mass is 273 g/mol. The van der Waals surface area contributed by atoms with E-state index in [2.05, 4.69) is 15.9 Å². The van der Waals surface area contributed by atoms with Crippen molar-refractivity contribution in [1.82, 2.24) is 0 Å². The molecule has 1 atom stereocenters. The molecule has 5 heteroatoms. The van der Waals surface area contributed by atoms with E-state index >= 15 is 0 Å². The maximum atomic E-state index is 10.6. The summed E-state index contributed by atoms with van der Waals surface area (Å²) in [5, 5.41) is 8.67. The normalized spacial score (nSPS) is 12.2. The van der Waals surface area contributed by atoms with Crippen LogP contribution >= 0.6 is 15.9 Å². The topological polar surface area (TPSA) is 72.5 Å². The SMILES string of the molecule is CC(Oc1ccc(Br)c(CN)c1)C(=O)O. The second-order valence-electron chi connectivity index (χ2n) is 3.06. The first-order valence-corrected chi connectivity index (χ1v) is 5.22. The van der Waals surface area contributed by atoms with E-state index in [1.807, 2.05) is 0 Å². The van der Waals surface area contributed by atoms with Gasteiger partial charge in [-0.3, -0.25) is 0 Å². The van der Waals surface area contributed by atoms with Crippen molar-refractivity contribution in [3.63, 3.8) is 0 Å². The molecule has 0 aliphatic carbocycles. The molecule has 0 radical (unpaired) electrons. The Morgan fingerprint density at radius 2 is 2.33 bits per heavy atom. The van der Waals surface area contributed by atoms with Crippen molar-refractivity contribution in [3.8, 4) is 5.75 Å². The molecule has 1 unspecified atom stereocenters. The van der Waals surface area contributed by atoms with Gasteiger partial charge >= 0.3 is 5.97 Å². The van der Waals surface area contributed by atoms with E-state index in [1.165, 1.54) is 6.92 Å². The Kier molecular flexibility index (Phi) is 4.11. The number of rotatable bonds is 4. The Morgan fingerprint density at radius 1 is 1.67 bits per heavy atom. The smallest absolute Gasteiger partial charge is 0.344 e. The lowest BCUT2D eigenvalue weighted by Gasteiger charge is -2.11. The highest BCUT2D eigenvalue weighted by atomic mass is 79.9. The second kappa shape index (κ2) is 5.14. The van der Waals surface area contributed by atoms with Crippen LogP contribution in [0.25, 0.3) is 0 Å². The maximum Gasteiger partial charge on any atom is 0.344 e. The van der Waals surface area contributed by atoms with Crippen LogP contribution in [0.15, 0.2) is 22.7 Å². The fourth-order valence-electron chi connectivity index (χ4n) is 1.04. The third kappa shape index (κ3) is 3.21. The van der Waals surface area contributed by atoms with Crippen molar-refractivity contribution in [1.29, 1.82) is 0 Å². The lowest BCUT2D eigenvalue weighted by Crippen LogP contribution is -2.22. The molecule has 4 nitrogen and oxygen atoms in total. The van der Waals surface area contributed by atoms with Gasteiger partial charge in [0.1, 0.15) is 5.75 Å². The van der Waals surface area contributed by atoms with E-state index in [0.29, 0.717) is 12.3 Å². The standard InChI is InChI=1S/C10H12BrNO3/c1-6(10(13)14)15-8-2-3-9(11)7(4-8)5-12/h2-4,6H,5,12H2,1H3,(H,13,14). The maximum absolute atomic E-state index is 10.6. The van der Waals surface area contributed by atoms with Crippen molar-refractivity contribution in [3.05, 3.63) is 28.2 Å². The largest absolute Gasteiger partial charge is 0.479 e. The summed E-state index contributed by atoms with van der Waals surface area (Å²) >= 11 is 3.33. The number of ether oxygens (including phenoxy) is 1. The molecule has 0 saturated carbocycles. The van der Waals surface area contributed by atoms with E-state index in [4.69, 9.17) is 15.6 Å².